The quantitative estimate of drug-likeness (QED) is 0.0605. The van der Waals surface area contributed by atoms with E-state index in [1.807, 2.05) is 76.2 Å². The highest BCUT2D eigenvalue weighted by molar-refractivity contribution is 7.13. The maximum atomic E-state index is 13.9. The van der Waals surface area contributed by atoms with Gasteiger partial charge in [-0.3, -0.25) is 23.6 Å². The van der Waals surface area contributed by atoms with Gasteiger partial charge in [-0.05, 0) is 53.3 Å². The summed E-state index contributed by atoms with van der Waals surface area (Å²) in [7, 11) is 0. The minimum atomic E-state index is -0.980. The second-order valence-electron chi connectivity index (χ2n) is 17.0. The summed E-state index contributed by atoms with van der Waals surface area (Å²) in [5.74, 6) is -0.249. The lowest BCUT2D eigenvalue weighted by Gasteiger charge is -2.35. The van der Waals surface area contributed by atoms with Crippen LogP contribution in [0.4, 0.5) is 5.95 Å². The van der Waals surface area contributed by atoms with Crippen molar-refractivity contribution < 1.29 is 42.9 Å². The first-order valence-electron chi connectivity index (χ1n) is 22.0. The van der Waals surface area contributed by atoms with Gasteiger partial charge in [0.25, 0.3) is 5.91 Å². The van der Waals surface area contributed by atoms with E-state index in [1.54, 1.807) is 52.2 Å². The summed E-state index contributed by atoms with van der Waals surface area (Å²) in [4.78, 5) is 64.4. The van der Waals surface area contributed by atoms with E-state index >= 15 is 0 Å². The molecule has 0 radical (unpaired) electrons. The Balaban J connectivity index is 0.758. The number of benzene rings is 2. The molecule has 5 heterocycles. The van der Waals surface area contributed by atoms with Crippen molar-refractivity contribution in [1.82, 2.24) is 45.4 Å². The van der Waals surface area contributed by atoms with Crippen LogP contribution in [0.2, 0.25) is 0 Å². The smallest absolute Gasteiger partial charge is 0.251 e. The summed E-state index contributed by atoms with van der Waals surface area (Å²) in [5.41, 5.74) is 6.67. The molecule has 0 aliphatic carbocycles. The average molecular weight is 937 g/mol. The lowest BCUT2D eigenvalue weighted by Crippen LogP contribution is -2.58. The molecule has 1 aliphatic rings. The number of likely N-dealkylation sites (tertiary alicyclic amines) is 1. The zero-order valence-corrected chi connectivity index (χ0v) is 38.7. The van der Waals surface area contributed by atoms with Crippen molar-refractivity contribution in [3.63, 3.8) is 0 Å². The van der Waals surface area contributed by atoms with Crippen LogP contribution >= 0.6 is 11.3 Å². The molecule has 67 heavy (non-hydrogen) atoms. The Kier molecular flexibility index (Phi) is 16.4. The van der Waals surface area contributed by atoms with E-state index in [2.05, 4.69) is 41.4 Å². The molecule has 0 saturated carbocycles. The number of hydrogen-bond donors (Lipinski definition) is 5. The number of amides is 4. The predicted octanol–water partition coefficient (Wildman–Crippen LogP) is 4.02. The van der Waals surface area contributed by atoms with Crippen LogP contribution in [0.1, 0.15) is 54.6 Å². The van der Waals surface area contributed by atoms with Gasteiger partial charge in [0.15, 0.2) is 5.65 Å². The Hall–Kier alpha value is -6.58. The topological polar surface area (TPSA) is 237 Å². The fourth-order valence-corrected chi connectivity index (χ4v) is 8.27. The fraction of sp³-hybridized carbons (Fsp3) is 0.404. The molecule has 6 aromatic rings. The van der Waals surface area contributed by atoms with Crippen LogP contribution in [0.15, 0.2) is 89.4 Å². The summed E-state index contributed by atoms with van der Waals surface area (Å²) in [6, 6.07) is 16.8. The van der Waals surface area contributed by atoms with Crippen LogP contribution in [0.3, 0.4) is 0 Å². The molecule has 4 amide bonds. The number of thiazole rings is 1. The SMILES string of the molecule is Cc1ncsc1-c1ccc(CNC(=O)C2CC(O)CN2C(=O)C(NC(=O)COCCOCCOCCNC(=O)c2ccc(-c3cnc(NCc4ccco4)n4cnnc34)cc2)C(C)(C)C)cc1. The van der Waals surface area contributed by atoms with Crippen molar-refractivity contribution in [3.05, 3.63) is 108 Å². The van der Waals surface area contributed by atoms with E-state index in [1.165, 1.54) is 4.90 Å². The van der Waals surface area contributed by atoms with E-state index in [4.69, 9.17) is 18.6 Å². The van der Waals surface area contributed by atoms with Crippen LogP contribution in [-0.4, -0.2) is 129 Å². The fourth-order valence-electron chi connectivity index (χ4n) is 7.46. The number of rotatable bonds is 22. The maximum Gasteiger partial charge on any atom is 0.251 e. The number of anilines is 1. The highest BCUT2D eigenvalue weighted by atomic mass is 32.1. The number of fused-ring (bicyclic) bond motifs is 1. The predicted molar refractivity (Wildman–Crippen MR) is 249 cm³/mol. The van der Waals surface area contributed by atoms with Gasteiger partial charge in [-0.1, -0.05) is 57.2 Å². The zero-order valence-electron chi connectivity index (χ0n) is 37.9. The second kappa shape index (κ2) is 22.7. The maximum absolute atomic E-state index is 13.9. The number of aromatic nitrogens is 5. The standard InChI is InChI=1S/C47H56N10O9S/c1-30-40(67-29-52-30)33-9-7-31(8-10-33)23-49-44(61)38-22-35(58)26-56(38)45(62)41(47(2,3)4)54-39(59)27-65-21-20-64-19-18-63-17-15-48-43(60)34-13-11-32(12-14-34)37-25-51-46(57-28-53-55-42(37)57)50-24-36-6-5-16-66-36/h5-14,16,25,28-29,35,38,41,58H,15,17-24,26-27H2,1-4H3,(H,48,60)(H,49,61)(H,50,51)(H,54,59). The Morgan fingerprint density at radius 2 is 1.64 bits per heavy atom. The van der Waals surface area contributed by atoms with Gasteiger partial charge in [0.05, 0.1) is 68.0 Å². The van der Waals surface area contributed by atoms with Gasteiger partial charge in [-0.15, -0.1) is 21.5 Å². The summed E-state index contributed by atoms with van der Waals surface area (Å²) in [5, 5.41) is 30.6. The first-order valence-corrected chi connectivity index (χ1v) is 22.9. The van der Waals surface area contributed by atoms with Gasteiger partial charge < -0.3 is 49.9 Å². The van der Waals surface area contributed by atoms with E-state index in [-0.39, 0.29) is 71.0 Å². The Bertz CT molecular complexity index is 2580. The van der Waals surface area contributed by atoms with Crippen molar-refractivity contribution in [1.29, 1.82) is 0 Å². The van der Waals surface area contributed by atoms with Crippen LogP contribution in [0.25, 0.3) is 27.2 Å². The number of aliphatic hydroxyl groups excluding tert-OH is 1. The number of furan rings is 1. The summed E-state index contributed by atoms with van der Waals surface area (Å²) < 4.78 is 23.8. The molecule has 0 bridgehead atoms. The third-order valence-corrected chi connectivity index (χ3v) is 12.0. The van der Waals surface area contributed by atoms with Crippen molar-refractivity contribution in [2.75, 3.05) is 58.0 Å². The Morgan fingerprint density at radius 3 is 2.34 bits per heavy atom. The van der Waals surface area contributed by atoms with E-state index < -0.39 is 35.4 Å². The van der Waals surface area contributed by atoms with Crippen molar-refractivity contribution >= 4 is 46.6 Å². The number of ether oxygens (including phenoxy) is 3. The molecule has 20 heteroatoms. The van der Waals surface area contributed by atoms with Crippen LogP contribution < -0.4 is 21.3 Å². The molecule has 4 aromatic heterocycles. The third-order valence-electron chi connectivity index (χ3n) is 11.0. The lowest BCUT2D eigenvalue weighted by molar-refractivity contribution is -0.144. The first kappa shape index (κ1) is 48.4. The molecule has 354 valence electrons. The number of nitrogens with zero attached hydrogens (tertiary/aromatic N) is 6. The van der Waals surface area contributed by atoms with Gasteiger partial charge in [0.1, 0.15) is 30.8 Å². The molecule has 3 atom stereocenters. The molecule has 1 saturated heterocycles. The normalized spacial score (nSPS) is 15.4. The number of nitrogens with one attached hydrogen (secondary N) is 4. The number of carbonyl (C=O) groups excluding carboxylic acids is 4. The number of carbonyl (C=O) groups is 4. The molecule has 2 aromatic carbocycles. The molecule has 19 nitrogen and oxygen atoms in total. The van der Waals surface area contributed by atoms with Gasteiger partial charge in [-0.25, -0.2) is 9.97 Å². The molecule has 7 rings (SSSR count). The Morgan fingerprint density at radius 1 is 0.910 bits per heavy atom. The average Bonchev–Trinajstić information content (AvgIpc) is 4.17. The van der Waals surface area contributed by atoms with Crippen LogP contribution in [0.5, 0.6) is 0 Å². The third kappa shape index (κ3) is 12.9. The second-order valence-corrected chi connectivity index (χ2v) is 17.9. The number of aryl methyl sites for hydroxylation is 1. The molecular formula is C47H56N10O9S. The minimum Gasteiger partial charge on any atom is -0.467 e. The molecule has 3 unspecified atom stereocenters. The minimum absolute atomic E-state index is 0.0267. The van der Waals surface area contributed by atoms with E-state index in [9.17, 15) is 24.3 Å². The van der Waals surface area contributed by atoms with Gasteiger partial charge in [-0.2, -0.15) is 0 Å². The first-order chi connectivity index (χ1) is 32.4. The van der Waals surface area contributed by atoms with Crippen LogP contribution in [-0.2, 0) is 41.7 Å². The molecular weight excluding hydrogens is 881 g/mol. The molecule has 0 spiro atoms. The monoisotopic (exact) mass is 936 g/mol. The highest BCUT2D eigenvalue weighted by Crippen LogP contribution is 2.29. The van der Waals surface area contributed by atoms with Crippen molar-refractivity contribution in [3.8, 4) is 21.6 Å². The lowest BCUT2D eigenvalue weighted by atomic mass is 9.85. The molecule has 5 N–H and O–H groups in total. The summed E-state index contributed by atoms with van der Waals surface area (Å²) in [6.07, 6.45) is 4.11. The van der Waals surface area contributed by atoms with Gasteiger partial charge >= 0.3 is 0 Å². The highest BCUT2D eigenvalue weighted by Gasteiger charge is 2.44. The number of aliphatic hydroxyl groups is 1. The Labute approximate surface area is 391 Å². The summed E-state index contributed by atoms with van der Waals surface area (Å²) >= 11 is 1.57. The number of hydrogen-bond acceptors (Lipinski definition) is 15. The summed E-state index contributed by atoms with van der Waals surface area (Å²) in [6.45, 7) is 9.24. The van der Waals surface area contributed by atoms with E-state index in [0.717, 1.165) is 38.6 Å². The van der Waals surface area contributed by atoms with Gasteiger partial charge in [0, 0.05) is 43.4 Å². The largest absolute Gasteiger partial charge is 0.467 e. The van der Waals surface area contributed by atoms with Crippen LogP contribution in [0, 0.1) is 12.3 Å². The zero-order chi connectivity index (χ0) is 47.3. The van der Waals surface area contributed by atoms with E-state index in [0.29, 0.717) is 30.2 Å². The van der Waals surface area contributed by atoms with Crippen molar-refractivity contribution in [2.45, 2.75) is 65.4 Å². The number of β-amino-alcohol motifs (C(OH)–C–C–N with tert-alkyl or cyclic N) is 1. The van der Waals surface area contributed by atoms with Gasteiger partial charge in [0.2, 0.25) is 23.7 Å². The van der Waals surface area contributed by atoms with Crippen molar-refractivity contribution in [2.24, 2.45) is 5.41 Å². The molecule has 1 fully saturated rings. The molecule has 1 aliphatic heterocycles.